The van der Waals surface area contributed by atoms with Crippen molar-refractivity contribution in [2.75, 3.05) is 7.11 Å². The number of carbonyl (C=O) groups is 1. The number of hydrogen-bond donors (Lipinski definition) is 3. The average molecular weight is 178 g/mol. The molecule has 0 bridgehead atoms. The number of aldehydes is 1. The molecule has 0 unspecified atom stereocenters. The first-order valence-electron chi connectivity index (χ1n) is 3.56. The maximum Gasteiger partial charge on any atom is 0.151 e. The molecular weight excluding hydrogens is 164 g/mol. The van der Waals surface area contributed by atoms with Gasteiger partial charge >= 0.3 is 0 Å². The van der Waals surface area contributed by atoms with Gasteiger partial charge in [-0.15, -0.1) is 0 Å². The Kier molecular flexibility index (Phi) is 5.00. The molecule has 0 rings (SSSR count). The van der Waals surface area contributed by atoms with E-state index in [2.05, 4.69) is 4.74 Å². The number of rotatable bonds is 5. The van der Waals surface area contributed by atoms with Crippen molar-refractivity contribution in [1.29, 1.82) is 0 Å². The van der Waals surface area contributed by atoms with Gasteiger partial charge in [0.15, 0.2) is 6.29 Å². The second kappa shape index (κ2) is 5.21. The summed E-state index contributed by atoms with van der Waals surface area (Å²) in [5, 5.41) is 27.1. The van der Waals surface area contributed by atoms with Crippen LogP contribution in [-0.4, -0.2) is 53.1 Å². The predicted molar refractivity (Wildman–Crippen MR) is 40.6 cm³/mol. The molecule has 3 N–H and O–H groups in total. The van der Waals surface area contributed by atoms with Gasteiger partial charge in [0.1, 0.15) is 18.3 Å². The van der Waals surface area contributed by atoms with Crippen molar-refractivity contribution in [2.24, 2.45) is 0 Å². The van der Waals surface area contributed by atoms with Crippen molar-refractivity contribution in [1.82, 2.24) is 0 Å². The minimum absolute atomic E-state index is 0.250. The van der Waals surface area contributed by atoms with Crippen LogP contribution in [0.25, 0.3) is 0 Å². The molecule has 12 heavy (non-hydrogen) atoms. The van der Waals surface area contributed by atoms with E-state index in [1.54, 1.807) is 0 Å². The molecule has 0 saturated heterocycles. The van der Waals surface area contributed by atoms with Gasteiger partial charge in [-0.25, -0.2) is 0 Å². The van der Waals surface area contributed by atoms with E-state index in [9.17, 15) is 9.90 Å². The van der Waals surface area contributed by atoms with Crippen LogP contribution in [-0.2, 0) is 9.53 Å². The summed E-state index contributed by atoms with van der Waals surface area (Å²) >= 11 is 0. The molecule has 0 amide bonds. The van der Waals surface area contributed by atoms with Gasteiger partial charge < -0.3 is 24.9 Å². The highest BCUT2D eigenvalue weighted by Crippen LogP contribution is 2.06. The number of carbonyl (C=O) groups excluding carboxylic acids is 1. The molecule has 0 aromatic rings. The van der Waals surface area contributed by atoms with Crippen LogP contribution in [0.2, 0.25) is 0 Å². The van der Waals surface area contributed by atoms with Gasteiger partial charge in [0.25, 0.3) is 0 Å². The molecule has 0 aliphatic carbocycles. The first-order chi connectivity index (χ1) is 5.54. The van der Waals surface area contributed by atoms with Crippen LogP contribution >= 0.6 is 0 Å². The molecule has 5 nitrogen and oxygen atoms in total. The van der Waals surface area contributed by atoms with E-state index in [0.29, 0.717) is 0 Å². The SMILES string of the molecule is CO[C@@H]([C@@H](O)[C@H](C)O)[C@@H](O)C=O. The van der Waals surface area contributed by atoms with Crippen LogP contribution < -0.4 is 0 Å². The van der Waals surface area contributed by atoms with E-state index in [1.165, 1.54) is 14.0 Å². The van der Waals surface area contributed by atoms with Gasteiger partial charge in [0.05, 0.1) is 6.10 Å². The maximum atomic E-state index is 10.1. The summed E-state index contributed by atoms with van der Waals surface area (Å²) in [7, 11) is 1.24. The molecule has 0 spiro atoms. The predicted octanol–water partition coefficient (Wildman–Crippen LogP) is -1.70. The highest BCUT2D eigenvalue weighted by molar-refractivity contribution is 5.56. The van der Waals surface area contributed by atoms with E-state index in [1.807, 2.05) is 0 Å². The molecule has 72 valence electrons. The number of ether oxygens (including phenoxy) is 1. The molecule has 4 atom stereocenters. The topological polar surface area (TPSA) is 87.0 Å². The number of methoxy groups -OCH3 is 1. The lowest BCUT2D eigenvalue weighted by Crippen LogP contribution is -2.45. The van der Waals surface area contributed by atoms with Crippen LogP contribution in [0, 0.1) is 0 Å². The lowest BCUT2D eigenvalue weighted by molar-refractivity contribution is -0.138. The largest absolute Gasteiger partial charge is 0.391 e. The first kappa shape index (κ1) is 11.5. The fourth-order valence-electron chi connectivity index (χ4n) is 0.833. The van der Waals surface area contributed by atoms with Crippen molar-refractivity contribution >= 4 is 6.29 Å². The molecule has 0 heterocycles. The third-order valence-corrected chi connectivity index (χ3v) is 1.58. The van der Waals surface area contributed by atoms with Gasteiger partial charge in [0.2, 0.25) is 0 Å². The normalized spacial score (nSPS) is 21.1. The summed E-state index contributed by atoms with van der Waals surface area (Å²) in [6.07, 6.45) is -4.57. The second-order valence-corrected chi connectivity index (χ2v) is 2.56. The standard InChI is InChI=1S/C7H14O5/c1-4(9)6(11)7(12-2)5(10)3-8/h3-7,9-11H,1-2H3/t4-,5-,6-,7+/m0/s1. The summed E-state index contributed by atoms with van der Waals surface area (Å²) in [5.74, 6) is 0. The van der Waals surface area contributed by atoms with Gasteiger partial charge in [-0.1, -0.05) is 0 Å². The first-order valence-corrected chi connectivity index (χ1v) is 3.56. The Hall–Kier alpha value is -0.490. The van der Waals surface area contributed by atoms with Crippen LogP contribution in [0.1, 0.15) is 6.92 Å². The summed E-state index contributed by atoms with van der Waals surface area (Å²) < 4.78 is 4.63. The van der Waals surface area contributed by atoms with Crippen molar-refractivity contribution < 1.29 is 24.9 Å². The Bertz CT molecular complexity index is 136. The fourth-order valence-corrected chi connectivity index (χ4v) is 0.833. The van der Waals surface area contributed by atoms with E-state index >= 15 is 0 Å². The highest BCUT2D eigenvalue weighted by atomic mass is 16.5. The zero-order chi connectivity index (χ0) is 9.72. The van der Waals surface area contributed by atoms with Gasteiger partial charge in [-0.2, -0.15) is 0 Å². The Balaban J connectivity index is 4.22. The Morgan fingerprint density at radius 1 is 1.33 bits per heavy atom. The number of aliphatic hydroxyl groups excluding tert-OH is 3. The molecule has 0 aliphatic heterocycles. The Labute approximate surface area is 70.6 Å². The van der Waals surface area contributed by atoms with Crippen molar-refractivity contribution in [3.05, 3.63) is 0 Å². The van der Waals surface area contributed by atoms with E-state index in [4.69, 9.17) is 10.2 Å². The molecule has 0 aliphatic rings. The Morgan fingerprint density at radius 3 is 2.08 bits per heavy atom. The van der Waals surface area contributed by atoms with Gasteiger partial charge in [-0.3, -0.25) is 0 Å². The monoisotopic (exact) mass is 178 g/mol. The molecular formula is C7H14O5. The summed E-state index contributed by atoms with van der Waals surface area (Å²) in [4.78, 5) is 10.1. The zero-order valence-electron chi connectivity index (χ0n) is 7.04. The highest BCUT2D eigenvalue weighted by Gasteiger charge is 2.29. The summed E-state index contributed by atoms with van der Waals surface area (Å²) in [6, 6.07) is 0. The molecule has 5 heteroatoms. The van der Waals surface area contributed by atoms with Crippen LogP contribution in [0.5, 0.6) is 0 Å². The minimum atomic E-state index is -1.42. The molecule has 0 fully saturated rings. The Morgan fingerprint density at radius 2 is 1.83 bits per heavy atom. The van der Waals surface area contributed by atoms with Crippen molar-refractivity contribution in [3.8, 4) is 0 Å². The third kappa shape index (κ3) is 2.86. The van der Waals surface area contributed by atoms with Crippen molar-refractivity contribution in [3.63, 3.8) is 0 Å². The maximum absolute atomic E-state index is 10.1. The lowest BCUT2D eigenvalue weighted by atomic mass is 10.1. The van der Waals surface area contributed by atoms with Gasteiger partial charge in [-0.05, 0) is 6.92 Å². The number of hydrogen-bond acceptors (Lipinski definition) is 5. The number of aliphatic hydroxyl groups is 3. The van der Waals surface area contributed by atoms with Crippen LogP contribution in [0.3, 0.4) is 0 Å². The smallest absolute Gasteiger partial charge is 0.151 e. The summed E-state index contributed by atoms with van der Waals surface area (Å²) in [6.45, 7) is 1.34. The molecule has 0 aromatic heterocycles. The van der Waals surface area contributed by atoms with Crippen LogP contribution in [0.4, 0.5) is 0 Å². The second-order valence-electron chi connectivity index (χ2n) is 2.56. The quantitative estimate of drug-likeness (QED) is 0.437. The lowest BCUT2D eigenvalue weighted by Gasteiger charge is -2.24. The fraction of sp³-hybridized carbons (Fsp3) is 0.857. The molecule has 0 radical (unpaired) electrons. The summed E-state index contributed by atoms with van der Waals surface area (Å²) in [5.41, 5.74) is 0. The zero-order valence-corrected chi connectivity index (χ0v) is 7.04. The third-order valence-electron chi connectivity index (χ3n) is 1.58. The van der Waals surface area contributed by atoms with Crippen molar-refractivity contribution in [2.45, 2.75) is 31.3 Å². The average Bonchev–Trinajstić information content (AvgIpc) is 2.05. The van der Waals surface area contributed by atoms with Crippen LogP contribution in [0.15, 0.2) is 0 Å². The van der Waals surface area contributed by atoms with E-state index in [0.717, 1.165) is 0 Å². The van der Waals surface area contributed by atoms with Gasteiger partial charge in [0, 0.05) is 7.11 Å². The van der Waals surface area contributed by atoms with E-state index in [-0.39, 0.29) is 6.29 Å². The van der Waals surface area contributed by atoms with E-state index < -0.39 is 24.4 Å². The molecule has 0 aromatic carbocycles. The molecule has 0 saturated carbocycles. The minimum Gasteiger partial charge on any atom is -0.391 e.